The number of rotatable bonds is 10. The maximum atomic E-state index is 13.8. The van der Waals surface area contributed by atoms with Gasteiger partial charge in [0, 0.05) is 24.0 Å². The van der Waals surface area contributed by atoms with Crippen LogP contribution in [0.3, 0.4) is 0 Å². The minimum Gasteiger partial charge on any atom is -0.483 e. The first-order valence-electron chi connectivity index (χ1n) is 13.4. The van der Waals surface area contributed by atoms with E-state index < -0.39 is 6.04 Å². The van der Waals surface area contributed by atoms with E-state index in [9.17, 15) is 9.59 Å². The van der Waals surface area contributed by atoms with Gasteiger partial charge in [0.25, 0.3) is 5.91 Å². The maximum absolute atomic E-state index is 13.8. The molecule has 0 aromatic heterocycles. The Morgan fingerprint density at radius 2 is 1.68 bits per heavy atom. The second-order valence-electron chi connectivity index (χ2n) is 10.3. The molecule has 1 N–H and O–H groups in total. The Morgan fingerprint density at radius 1 is 0.974 bits per heavy atom. The lowest BCUT2D eigenvalue weighted by Crippen LogP contribution is -2.53. The molecule has 0 aliphatic heterocycles. The van der Waals surface area contributed by atoms with Crippen molar-refractivity contribution in [2.45, 2.75) is 71.5 Å². The van der Waals surface area contributed by atoms with Crippen molar-refractivity contribution >= 4 is 23.4 Å². The Bertz CT molecular complexity index is 1250. The number of hydrogen-bond acceptors (Lipinski definition) is 3. The molecule has 3 aromatic carbocycles. The average molecular weight is 533 g/mol. The van der Waals surface area contributed by atoms with Crippen LogP contribution in [-0.4, -0.2) is 35.4 Å². The Kier molecular flexibility index (Phi) is 9.46. The Labute approximate surface area is 231 Å². The third-order valence-corrected chi connectivity index (χ3v) is 7.56. The van der Waals surface area contributed by atoms with Crippen LogP contribution in [0.15, 0.2) is 66.7 Å². The molecule has 1 aliphatic rings. The van der Waals surface area contributed by atoms with E-state index >= 15 is 0 Å². The molecule has 4 rings (SSSR count). The number of amides is 2. The van der Waals surface area contributed by atoms with Crippen molar-refractivity contribution in [1.29, 1.82) is 0 Å². The molecule has 0 bridgehead atoms. The van der Waals surface area contributed by atoms with Crippen molar-refractivity contribution in [3.63, 3.8) is 0 Å². The van der Waals surface area contributed by atoms with Crippen molar-refractivity contribution in [2.24, 2.45) is 0 Å². The molecule has 38 heavy (non-hydrogen) atoms. The Hall–Kier alpha value is -3.31. The molecular weight excluding hydrogens is 496 g/mol. The summed E-state index contributed by atoms with van der Waals surface area (Å²) in [5.41, 5.74) is 5.05. The number of halogens is 1. The highest BCUT2D eigenvalue weighted by Gasteiger charge is 2.32. The zero-order valence-corrected chi connectivity index (χ0v) is 23.3. The second kappa shape index (κ2) is 13.0. The van der Waals surface area contributed by atoms with Gasteiger partial charge in [-0.1, -0.05) is 73.0 Å². The van der Waals surface area contributed by atoms with Crippen molar-refractivity contribution in [2.75, 3.05) is 6.61 Å². The van der Waals surface area contributed by atoms with Gasteiger partial charge >= 0.3 is 0 Å². The summed E-state index contributed by atoms with van der Waals surface area (Å²) in [6, 6.07) is 20.8. The van der Waals surface area contributed by atoms with E-state index in [1.807, 2.05) is 75.4 Å². The third-order valence-electron chi connectivity index (χ3n) is 7.33. The molecular formula is C32H37ClN2O3. The van der Waals surface area contributed by atoms with Crippen LogP contribution < -0.4 is 10.1 Å². The summed E-state index contributed by atoms with van der Waals surface area (Å²) >= 11 is 6.27. The molecule has 200 valence electrons. The van der Waals surface area contributed by atoms with Crippen LogP contribution in [0.5, 0.6) is 5.75 Å². The van der Waals surface area contributed by atoms with Gasteiger partial charge in [-0.2, -0.15) is 0 Å². The van der Waals surface area contributed by atoms with E-state index in [2.05, 4.69) is 11.4 Å². The molecule has 1 aliphatic carbocycles. The van der Waals surface area contributed by atoms with Crippen molar-refractivity contribution in [3.8, 4) is 5.75 Å². The van der Waals surface area contributed by atoms with Crippen LogP contribution in [-0.2, 0) is 22.6 Å². The van der Waals surface area contributed by atoms with Crippen molar-refractivity contribution < 1.29 is 14.3 Å². The van der Waals surface area contributed by atoms with Gasteiger partial charge in [-0.3, -0.25) is 9.59 Å². The van der Waals surface area contributed by atoms with Crippen LogP contribution in [0.2, 0.25) is 5.02 Å². The van der Waals surface area contributed by atoms with E-state index in [-0.39, 0.29) is 31.0 Å². The highest BCUT2D eigenvalue weighted by atomic mass is 35.5. The fraction of sp³-hybridized carbons (Fsp3) is 0.375. The van der Waals surface area contributed by atoms with Crippen molar-refractivity contribution in [3.05, 3.63) is 99.6 Å². The Morgan fingerprint density at radius 3 is 2.39 bits per heavy atom. The summed E-state index contributed by atoms with van der Waals surface area (Å²) in [5, 5.41) is 3.82. The van der Waals surface area contributed by atoms with E-state index in [4.69, 9.17) is 16.3 Å². The molecule has 6 heteroatoms. The van der Waals surface area contributed by atoms with Gasteiger partial charge in [-0.15, -0.1) is 0 Å². The van der Waals surface area contributed by atoms with Gasteiger partial charge in [0.05, 0.1) is 0 Å². The maximum Gasteiger partial charge on any atom is 0.261 e. The minimum absolute atomic E-state index is 0.126. The SMILES string of the molecule is Cc1cc(C)c(C)c(OCC(=O)N(Cc2cccc(Cl)c2)[C@@H](Cc2ccccc2)C(=O)NC2CCCC2)c1. The largest absolute Gasteiger partial charge is 0.483 e. The molecule has 0 unspecified atom stereocenters. The molecule has 1 fully saturated rings. The lowest BCUT2D eigenvalue weighted by Gasteiger charge is -2.32. The summed E-state index contributed by atoms with van der Waals surface area (Å²) in [6.07, 6.45) is 4.58. The molecule has 0 saturated heterocycles. The summed E-state index contributed by atoms with van der Waals surface area (Å²) in [7, 11) is 0. The number of carbonyl (C=O) groups is 2. The molecule has 0 radical (unpaired) electrons. The number of aryl methyl sites for hydroxylation is 2. The lowest BCUT2D eigenvalue weighted by molar-refractivity contribution is -0.143. The Balaban J connectivity index is 1.63. The highest BCUT2D eigenvalue weighted by molar-refractivity contribution is 6.30. The van der Waals surface area contributed by atoms with Crippen LogP contribution in [0.1, 0.15) is 53.5 Å². The van der Waals surface area contributed by atoms with Crippen LogP contribution >= 0.6 is 11.6 Å². The van der Waals surface area contributed by atoms with Crippen LogP contribution in [0.25, 0.3) is 0 Å². The van der Waals surface area contributed by atoms with Gasteiger partial charge in [0.1, 0.15) is 11.8 Å². The average Bonchev–Trinajstić information content (AvgIpc) is 3.41. The van der Waals surface area contributed by atoms with Gasteiger partial charge in [-0.05, 0) is 79.6 Å². The van der Waals surface area contributed by atoms with Gasteiger partial charge < -0.3 is 15.0 Å². The first kappa shape index (κ1) is 27.7. The molecule has 5 nitrogen and oxygen atoms in total. The normalized spacial score (nSPS) is 14.2. The standard InChI is InChI=1S/C32H37ClN2O3/c1-22-16-23(2)24(3)30(17-22)38-21-31(36)35(20-26-12-9-13-27(33)18-26)29(19-25-10-5-4-6-11-25)32(37)34-28-14-7-8-15-28/h4-6,9-13,16-18,28-29H,7-8,14-15,19-21H2,1-3H3,(H,34,37)/t29-/m0/s1. The summed E-state index contributed by atoms with van der Waals surface area (Å²) < 4.78 is 6.07. The molecule has 3 aromatic rings. The van der Waals surface area contributed by atoms with Gasteiger partial charge in [-0.25, -0.2) is 0 Å². The lowest BCUT2D eigenvalue weighted by atomic mass is 10.0. The molecule has 0 spiro atoms. The topological polar surface area (TPSA) is 58.6 Å². The zero-order chi connectivity index (χ0) is 27.1. The van der Waals surface area contributed by atoms with Crippen molar-refractivity contribution in [1.82, 2.24) is 10.2 Å². The van der Waals surface area contributed by atoms with Crippen LogP contribution in [0.4, 0.5) is 0 Å². The van der Waals surface area contributed by atoms with Gasteiger partial charge in [0.2, 0.25) is 5.91 Å². The number of carbonyl (C=O) groups excluding carboxylic acids is 2. The first-order valence-corrected chi connectivity index (χ1v) is 13.8. The van der Waals surface area contributed by atoms with E-state index in [1.165, 1.54) is 0 Å². The predicted molar refractivity (Wildman–Crippen MR) is 152 cm³/mol. The van der Waals surface area contributed by atoms with Crippen LogP contribution in [0, 0.1) is 20.8 Å². The molecule has 2 amide bonds. The molecule has 1 saturated carbocycles. The second-order valence-corrected chi connectivity index (χ2v) is 10.8. The number of ether oxygens (including phenoxy) is 1. The highest BCUT2D eigenvalue weighted by Crippen LogP contribution is 2.24. The quantitative estimate of drug-likeness (QED) is 0.331. The summed E-state index contributed by atoms with van der Waals surface area (Å²) in [4.78, 5) is 29.3. The number of benzene rings is 3. The number of hydrogen-bond donors (Lipinski definition) is 1. The predicted octanol–water partition coefficient (Wildman–Crippen LogP) is 6.34. The third kappa shape index (κ3) is 7.38. The van der Waals surface area contributed by atoms with E-state index in [0.717, 1.165) is 53.5 Å². The number of nitrogens with zero attached hydrogens (tertiary/aromatic N) is 1. The fourth-order valence-corrected chi connectivity index (χ4v) is 5.34. The minimum atomic E-state index is -0.687. The summed E-state index contributed by atoms with van der Waals surface area (Å²) in [6.45, 7) is 6.13. The summed E-state index contributed by atoms with van der Waals surface area (Å²) in [5.74, 6) is 0.318. The smallest absolute Gasteiger partial charge is 0.261 e. The van der Waals surface area contributed by atoms with E-state index in [1.54, 1.807) is 11.0 Å². The van der Waals surface area contributed by atoms with E-state index in [0.29, 0.717) is 17.2 Å². The van der Waals surface area contributed by atoms with Gasteiger partial charge in [0.15, 0.2) is 6.61 Å². The zero-order valence-electron chi connectivity index (χ0n) is 22.5. The fourth-order valence-electron chi connectivity index (χ4n) is 5.13. The first-order chi connectivity index (χ1) is 18.3. The molecule has 0 heterocycles. The number of nitrogens with one attached hydrogen (secondary N) is 1. The molecule has 1 atom stereocenters. The monoisotopic (exact) mass is 532 g/mol.